The molecule has 4 atom stereocenters. The van der Waals surface area contributed by atoms with Gasteiger partial charge in [-0.2, -0.15) is 0 Å². The molecule has 2 aliphatic carbocycles. The van der Waals surface area contributed by atoms with Crippen LogP contribution in [0.5, 0.6) is 0 Å². The molecule has 49 heavy (non-hydrogen) atoms. The molecule has 3 aliphatic rings. The SMILES string of the molecule is C[C@@H](C(=O)NC(C(=O)N1CC(NC(=O)OCC2c3ccccc3-c3ccccc32)CC1C(=O)O)C1CCCCC1)N(C)C(=O)OC(C)(C)C. The lowest BCUT2D eigenvalue weighted by Gasteiger charge is -2.35. The highest BCUT2D eigenvalue weighted by Crippen LogP contribution is 2.44. The van der Waals surface area contributed by atoms with Crippen molar-refractivity contribution in [3.05, 3.63) is 59.7 Å². The second-order valence-corrected chi connectivity index (χ2v) is 14.4. The predicted octanol–water partition coefficient (Wildman–Crippen LogP) is 4.90. The molecule has 0 bridgehead atoms. The van der Waals surface area contributed by atoms with Crippen LogP contribution in [0.25, 0.3) is 11.1 Å². The van der Waals surface area contributed by atoms with Gasteiger partial charge in [0.2, 0.25) is 11.8 Å². The van der Waals surface area contributed by atoms with Crippen LogP contribution in [0.2, 0.25) is 0 Å². The van der Waals surface area contributed by atoms with Gasteiger partial charge in [-0.05, 0) is 68.7 Å². The van der Waals surface area contributed by atoms with Gasteiger partial charge in [0.1, 0.15) is 30.3 Å². The summed E-state index contributed by atoms with van der Waals surface area (Å²) in [6, 6.07) is 12.2. The Bertz CT molecular complexity index is 1520. The molecule has 2 fully saturated rings. The van der Waals surface area contributed by atoms with E-state index in [0.717, 1.165) is 41.5 Å². The van der Waals surface area contributed by atoms with E-state index in [4.69, 9.17) is 9.47 Å². The van der Waals surface area contributed by atoms with E-state index >= 15 is 0 Å². The van der Waals surface area contributed by atoms with E-state index in [0.29, 0.717) is 12.8 Å². The van der Waals surface area contributed by atoms with Crippen LogP contribution >= 0.6 is 0 Å². The van der Waals surface area contributed by atoms with Gasteiger partial charge < -0.3 is 30.1 Å². The van der Waals surface area contributed by atoms with E-state index in [1.54, 1.807) is 27.7 Å². The molecule has 1 heterocycles. The number of rotatable bonds is 9. The van der Waals surface area contributed by atoms with E-state index < -0.39 is 59.7 Å². The Hall–Kier alpha value is -4.61. The van der Waals surface area contributed by atoms with Crippen molar-refractivity contribution in [3.63, 3.8) is 0 Å². The molecule has 0 aromatic heterocycles. The van der Waals surface area contributed by atoms with Crippen LogP contribution in [0.1, 0.15) is 83.3 Å². The van der Waals surface area contributed by atoms with Crippen LogP contribution in [0.3, 0.4) is 0 Å². The second kappa shape index (κ2) is 14.9. The molecule has 2 aromatic rings. The lowest BCUT2D eigenvalue weighted by atomic mass is 9.83. The molecule has 5 rings (SSSR count). The van der Waals surface area contributed by atoms with E-state index in [1.807, 2.05) is 48.5 Å². The average molecular weight is 677 g/mol. The first-order chi connectivity index (χ1) is 23.2. The number of carbonyl (C=O) groups is 5. The zero-order valence-corrected chi connectivity index (χ0v) is 28.9. The number of fused-ring (bicyclic) bond motifs is 3. The second-order valence-electron chi connectivity index (χ2n) is 14.4. The lowest BCUT2D eigenvalue weighted by molar-refractivity contribution is -0.150. The molecule has 0 spiro atoms. The van der Waals surface area contributed by atoms with Crippen LogP contribution in [0.4, 0.5) is 9.59 Å². The highest BCUT2D eigenvalue weighted by atomic mass is 16.6. The normalized spacial score (nSPS) is 20.4. The molecule has 1 saturated carbocycles. The monoisotopic (exact) mass is 676 g/mol. The molecule has 4 amide bonds. The van der Waals surface area contributed by atoms with Crippen molar-refractivity contribution in [2.75, 3.05) is 20.2 Å². The van der Waals surface area contributed by atoms with Crippen LogP contribution in [0, 0.1) is 5.92 Å². The summed E-state index contributed by atoms with van der Waals surface area (Å²) in [5.41, 5.74) is 3.59. The lowest BCUT2D eigenvalue weighted by Crippen LogP contribution is -2.58. The van der Waals surface area contributed by atoms with E-state index in [9.17, 15) is 29.1 Å². The Balaban J connectivity index is 1.25. The van der Waals surface area contributed by atoms with Crippen molar-refractivity contribution < 1.29 is 38.6 Å². The summed E-state index contributed by atoms with van der Waals surface area (Å²) in [5.74, 6) is -2.60. The van der Waals surface area contributed by atoms with Crippen molar-refractivity contribution in [1.29, 1.82) is 0 Å². The van der Waals surface area contributed by atoms with Crippen molar-refractivity contribution in [3.8, 4) is 11.1 Å². The summed E-state index contributed by atoms with van der Waals surface area (Å²) >= 11 is 0. The maximum Gasteiger partial charge on any atom is 0.410 e. The number of hydrogen-bond acceptors (Lipinski definition) is 7. The molecule has 1 aliphatic heterocycles. The van der Waals surface area contributed by atoms with Crippen LogP contribution in [-0.2, 0) is 23.9 Å². The molecule has 1 saturated heterocycles. The van der Waals surface area contributed by atoms with Gasteiger partial charge in [-0.3, -0.25) is 14.5 Å². The first-order valence-corrected chi connectivity index (χ1v) is 17.2. The molecule has 3 unspecified atom stereocenters. The Kier molecular flexibility index (Phi) is 10.8. The minimum Gasteiger partial charge on any atom is -0.480 e. The largest absolute Gasteiger partial charge is 0.480 e. The van der Waals surface area contributed by atoms with Gasteiger partial charge in [-0.15, -0.1) is 0 Å². The Morgan fingerprint density at radius 2 is 1.55 bits per heavy atom. The average Bonchev–Trinajstić information content (AvgIpc) is 3.64. The van der Waals surface area contributed by atoms with Crippen molar-refractivity contribution in [2.24, 2.45) is 5.92 Å². The zero-order valence-electron chi connectivity index (χ0n) is 28.9. The van der Waals surface area contributed by atoms with Crippen molar-refractivity contribution in [1.82, 2.24) is 20.4 Å². The number of likely N-dealkylation sites (N-methyl/N-ethyl adjacent to an activating group) is 1. The van der Waals surface area contributed by atoms with Gasteiger partial charge >= 0.3 is 18.2 Å². The maximum atomic E-state index is 14.2. The predicted molar refractivity (Wildman–Crippen MR) is 182 cm³/mol. The maximum absolute atomic E-state index is 14.2. The zero-order chi connectivity index (χ0) is 35.5. The summed E-state index contributed by atoms with van der Waals surface area (Å²) in [6.45, 7) is 6.78. The number of ether oxygens (including phenoxy) is 2. The van der Waals surface area contributed by atoms with Crippen molar-refractivity contribution >= 4 is 30.0 Å². The standard InChI is InChI=1S/C37H48N4O8/c1-22(40(5)36(47)49-37(2,3)4)32(42)39-31(23-13-7-6-8-14-23)33(43)41-20-24(19-30(41)34(44)45)38-35(46)48-21-29-27-17-11-9-15-25(27)26-16-10-12-18-28(26)29/h9-12,15-18,22-24,29-31H,6-8,13-14,19-21H2,1-5H3,(H,38,46)(H,39,42)(H,44,45)/t22-,24?,30?,31?/m0/s1. The number of aliphatic carboxylic acids is 1. The Morgan fingerprint density at radius 1 is 0.959 bits per heavy atom. The van der Waals surface area contributed by atoms with Crippen LogP contribution in [0.15, 0.2) is 48.5 Å². The number of nitrogens with zero attached hydrogens (tertiary/aromatic N) is 2. The molecule has 2 aromatic carbocycles. The molecule has 0 radical (unpaired) electrons. The van der Waals surface area contributed by atoms with E-state index in [1.165, 1.54) is 16.8 Å². The third kappa shape index (κ3) is 8.17. The number of alkyl carbamates (subject to hydrolysis) is 1. The minimum absolute atomic E-state index is 0.00557. The number of hydrogen-bond donors (Lipinski definition) is 3. The molecular weight excluding hydrogens is 628 g/mol. The van der Waals surface area contributed by atoms with Gasteiger partial charge in [0, 0.05) is 25.9 Å². The Labute approximate surface area is 287 Å². The third-order valence-electron chi connectivity index (χ3n) is 9.86. The number of carbonyl (C=O) groups excluding carboxylic acids is 4. The summed E-state index contributed by atoms with van der Waals surface area (Å²) in [6.07, 6.45) is 2.79. The van der Waals surface area contributed by atoms with E-state index in [-0.39, 0.29) is 31.4 Å². The highest BCUT2D eigenvalue weighted by molar-refractivity contribution is 5.93. The van der Waals surface area contributed by atoms with Crippen LogP contribution < -0.4 is 10.6 Å². The first kappa shape index (κ1) is 35.7. The first-order valence-electron chi connectivity index (χ1n) is 17.2. The quantitative estimate of drug-likeness (QED) is 0.339. The number of benzene rings is 2. The number of amides is 4. The van der Waals surface area contributed by atoms with Gasteiger partial charge in [0.25, 0.3) is 0 Å². The smallest absolute Gasteiger partial charge is 0.410 e. The molecular formula is C37H48N4O8. The fourth-order valence-electron chi connectivity index (χ4n) is 7.19. The number of likely N-dealkylation sites (tertiary alicyclic amines) is 1. The summed E-state index contributed by atoms with van der Waals surface area (Å²) in [7, 11) is 1.45. The third-order valence-corrected chi connectivity index (χ3v) is 9.86. The van der Waals surface area contributed by atoms with E-state index in [2.05, 4.69) is 10.6 Å². The molecule has 264 valence electrons. The summed E-state index contributed by atoms with van der Waals surface area (Å²) < 4.78 is 11.1. The minimum atomic E-state index is -1.20. The summed E-state index contributed by atoms with van der Waals surface area (Å²) in [5, 5.41) is 15.8. The van der Waals surface area contributed by atoms with Gasteiger partial charge in [0.05, 0.1) is 6.04 Å². The molecule has 12 nitrogen and oxygen atoms in total. The molecule has 12 heteroatoms. The fourth-order valence-corrected chi connectivity index (χ4v) is 7.19. The number of carboxylic acid groups (broad SMARTS) is 1. The van der Waals surface area contributed by atoms with Crippen LogP contribution in [-0.4, -0.2) is 94.8 Å². The summed E-state index contributed by atoms with van der Waals surface area (Å²) in [4.78, 5) is 68.2. The topological polar surface area (TPSA) is 155 Å². The highest BCUT2D eigenvalue weighted by Gasteiger charge is 2.45. The number of carboxylic acids is 1. The molecule has 3 N–H and O–H groups in total. The Morgan fingerprint density at radius 3 is 2.12 bits per heavy atom. The van der Waals surface area contributed by atoms with Gasteiger partial charge in [0.15, 0.2) is 0 Å². The fraction of sp³-hybridized carbons (Fsp3) is 0.541. The van der Waals surface area contributed by atoms with Crippen molar-refractivity contribution in [2.45, 2.75) is 102 Å². The van der Waals surface area contributed by atoms with Gasteiger partial charge in [-0.1, -0.05) is 67.8 Å². The van der Waals surface area contributed by atoms with Gasteiger partial charge in [-0.25, -0.2) is 14.4 Å². The number of nitrogens with one attached hydrogen (secondary N) is 2.